The number of carbonyl (C=O) groups is 1. The molecule has 26 heavy (non-hydrogen) atoms. The van der Waals surface area contributed by atoms with Crippen LogP contribution in [0.2, 0.25) is 0 Å². The largest absolute Gasteiger partial charge is 0.497 e. The van der Waals surface area contributed by atoms with Gasteiger partial charge in [-0.2, -0.15) is 0 Å². The zero-order valence-corrected chi connectivity index (χ0v) is 14.2. The zero-order chi connectivity index (χ0) is 18.5. The first-order valence-electron chi connectivity index (χ1n) is 8.13. The van der Waals surface area contributed by atoms with E-state index in [4.69, 9.17) is 9.57 Å². The average molecular weight is 360 g/mol. The number of oxime groups is 1. The van der Waals surface area contributed by atoms with E-state index in [1.807, 2.05) is 24.3 Å². The smallest absolute Gasteiger partial charge is 0.257 e. The lowest BCUT2D eigenvalue weighted by Crippen LogP contribution is -2.33. The van der Waals surface area contributed by atoms with Crippen molar-refractivity contribution in [2.75, 3.05) is 13.7 Å². The third-order valence-electron chi connectivity index (χ3n) is 4.04. The van der Waals surface area contributed by atoms with Gasteiger partial charge in [-0.1, -0.05) is 23.4 Å². The van der Waals surface area contributed by atoms with Crippen LogP contribution in [0, 0.1) is 11.6 Å². The van der Waals surface area contributed by atoms with Gasteiger partial charge < -0.3 is 14.9 Å². The van der Waals surface area contributed by atoms with Crippen LogP contribution in [0.4, 0.5) is 8.78 Å². The van der Waals surface area contributed by atoms with Crippen LogP contribution in [0.25, 0.3) is 0 Å². The predicted octanol–water partition coefficient (Wildman–Crippen LogP) is 3.09. The van der Waals surface area contributed by atoms with Crippen LogP contribution in [-0.2, 0) is 11.3 Å². The second-order valence-corrected chi connectivity index (χ2v) is 5.92. The molecule has 1 N–H and O–H groups in total. The number of hydrogen-bond donors (Lipinski definition) is 1. The van der Waals surface area contributed by atoms with E-state index in [0.717, 1.165) is 29.2 Å². The lowest BCUT2D eigenvalue weighted by Gasteiger charge is -2.10. The number of carbonyl (C=O) groups excluding carboxylic acids is 1. The van der Waals surface area contributed by atoms with Gasteiger partial charge in [0.15, 0.2) is 0 Å². The van der Waals surface area contributed by atoms with Crippen molar-refractivity contribution in [3.05, 3.63) is 65.2 Å². The van der Waals surface area contributed by atoms with Gasteiger partial charge in [0, 0.05) is 12.8 Å². The van der Waals surface area contributed by atoms with Crippen molar-refractivity contribution in [1.82, 2.24) is 5.32 Å². The fourth-order valence-corrected chi connectivity index (χ4v) is 2.69. The quantitative estimate of drug-likeness (QED) is 0.861. The van der Waals surface area contributed by atoms with Gasteiger partial charge in [-0.05, 0) is 29.8 Å². The Labute approximate surface area is 149 Å². The Kier molecular flexibility index (Phi) is 5.46. The summed E-state index contributed by atoms with van der Waals surface area (Å²) in [6.45, 7) is 0.113. The second-order valence-electron chi connectivity index (χ2n) is 5.92. The third-order valence-corrected chi connectivity index (χ3v) is 4.04. The number of amides is 1. The number of hydrogen-bond acceptors (Lipinski definition) is 4. The molecule has 1 heterocycles. The number of rotatable bonds is 6. The minimum absolute atomic E-state index is 0.113. The molecule has 0 saturated carbocycles. The molecule has 0 bridgehead atoms. The van der Waals surface area contributed by atoms with E-state index in [0.29, 0.717) is 12.8 Å². The molecule has 0 fully saturated rings. The lowest BCUT2D eigenvalue weighted by atomic mass is 10.0. The van der Waals surface area contributed by atoms with E-state index in [-0.39, 0.29) is 12.6 Å². The summed E-state index contributed by atoms with van der Waals surface area (Å²) in [6.07, 6.45) is 0.796. The monoisotopic (exact) mass is 360 g/mol. The number of nitrogens with zero attached hydrogens (tertiary/aromatic N) is 1. The maximum atomic E-state index is 13.6. The van der Waals surface area contributed by atoms with Crippen molar-refractivity contribution in [1.29, 1.82) is 0 Å². The molecule has 1 aliphatic rings. The first-order chi connectivity index (χ1) is 12.6. The van der Waals surface area contributed by atoms with Gasteiger partial charge in [0.1, 0.15) is 29.1 Å². The predicted molar refractivity (Wildman–Crippen MR) is 92.3 cm³/mol. The highest BCUT2D eigenvalue weighted by Gasteiger charge is 2.23. The molecule has 0 saturated heterocycles. The Morgan fingerprint density at radius 3 is 2.58 bits per heavy atom. The first kappa shape index (κ1) is 17.8. The maximum absolute atomic E-state index is 13.6. The molecule has 136 valence electrons. The number of methoxy groups -OCH3 is 1. The van der Waals surface area contributed by atoms with Crippen LogP contribution in [-0.4, -0.2) is 31.4 Å². The summed E-state index contributed by atoms with van der Waals surface area (Å²) in [6, 6.07) is 10.9. The summed E-state index contributed by atoms with van der Waals surface area (Å²) in [4.78, 5) is 17.3. The van der Waals surface area contributed by atoms with Crippen LogP contribution in [0.5, 0.6) is 5.75 Å². The summed E-state index contributed by atoms with van der Waals surface area (Å²) in [5.74, 6) is -1.83. The van der Waals surface area contributed by atoms with E-state index in [9.17, 15) is 13.6 Å². The van der Waals surface area contributed by atoms with Gasteiger partial charge in [-0.25, -0.2) is 8.78 Å². The molecule has 2 aromatic rings. The van der Waals surface area contributed by atoms with Crippen molar-refractivity contribution < 1.29 is 23.1 Å². The Morgan fingerprint density at radius 1 is 1.23 bits per heavy atom. The van der Waals surface area contributed by atoms with E-state index in [1.165, 1.54) is 6.07 Å². The van der Waals surface area contributed by atoms with Gasteiger partial charge in [0.25, 0.3) is 5.91 Å². The maximum Gasteiger partial charge on any atom is 0.257 e. The van der Waals surface area contributed by atoms with Gasteiger partial charge in [0.2, 0.25) is 0 Å². The average Bonchev–Trinajstić information content (AvgIpc) is 3.08. The lowest BCUT2D eigenvalue weighted by molar-refractivity contribution is 0.0749. The van der Waals surface area contributed by atoms with Crippen LogP contribution < -0.4 is 10.1 Å². The van der Waals surface area contributed by atoms with Crippen molar-refractivity contribution in [3.63, 3.8) is 0 Å². The molecule has 1 amide bonds. The van der Waals surface area contributed by atoms with Crippen LogP contribution in [0.15, 0.2) is 47.6 Å². The molecule has 3 rings (SSSR count). The Balaban J connectivity index is 1.50. The summed E-state index contributed by atoms with van der Waals surface area (Å²) in [5, 5.41) is 6.51. The van der Waals surface area contributed by atoms with Crippen molar-refractivity contribution >= 4 is 11.6 Å². The summed E-state index contributed by atoms with van der Waals surface area (Å²) >= 11 is 0. The fraction of sp³-hybridized carbons (Fsp3) is 0.263. The fourth-order valence-electron chi connectivity index (χ4n) is 2.69. The normalized spacial score (nSPS) is 16.0. The minimum Gasteiger partial charge on any atom is -0.497 e. The van der Waals surface area contributed by atoms with Crippen LogP contribution >= 0.6 is 0 Å². The minimum atomic E-state index is -0.897. The molecule has 0 aliphatic carbocycles. The van der Waals surface area contributed by atoms with Gasteiger partial charge >= 0.3 is 0 Å². The van der Waals surface area contributed by atoms with E-state index in [2.05, 4.69) is 10.5 Å². The second kappa shape index (κ2) is 7.95. The molecular formula is C19H18F2N2O3. The highest BCUT2D eigenvalue weighted by atomic mass is 19.1. The standard InChI is InChI=1S/C19H18F2N2O3/c1-25-14-7-5-12(6-8-14)9-13-10-15(26-23-13)11-22-19(24)18-16(20)3-2-4-17(18)21/h2-8,15H,9-11H2,1H3,(H,22,24). The van der Waals surface area contributed by atoms with E-state index < -0.39 is 23.1 Å². The Hall–Kier alpha value is -2.96. The van der Waals surface area contributed by atoms with Crippen LogP contribution in [0.1, 0.15) is 22.3 Å². The van der Waals surface area contributed by atoms with Crippen LogP contribution in [0.3, 0.4) is 0 Å². The molecule has 1 aliphatic heterocycles. The van der Waals surface area contributed by atoms with Gasteiger partial charge in [0.05, 0.1) is 19.4 Å². The highest BCUT2D eigenvalue weighted by molar-refractivity contribution is 5.94. The molecule has 1 unspecified atom stereocenters. The highest BCUT2D eigenvalue weighted by Crippen LogP contribution is 2.17. The van der Waals surface area contributed by atoms with Gasteiger partial charge in [-0.15, -0.1) is 0 Å². The number of halogens is 2. The number of ether oxygens (including phenoxy) is 1. The first-order valence-corrected chi connectivity index (χ1v) is 8.13. The SMILES string of the molecule is COc1ccc(CC2=NOC(CNC(=O)c3c(F)cccc3F)C2)cc1. The molecule has 2 aromatic carbocycles. The van der Waals surface area contributed by atoms with Crippen molar-refractivity contribution in [3.8, 4) is 5.75 Å². The molecular weight excluding hydrogens is 342 g/mol. The molecule has 0 radical (unpaired) electrons. The molecule has 0 aromatic heterocycles. The van der Waals surface area contributed by atoms with Crippen molar-refractivity contribution in [2.45, 2.75) is 18.9 Å². The summed E-state index contributed by atoms with van der Waals surface area (Å²) in [5.41, 5.74) is 1.31. The zero-order valence-electron chi connectivity index (χ0n) is 14.2. The number of nitrogens with one attached hydrogen (secondary N) is 1. The summed E-state index contributed by atoms with van der Waals surface area (Å²) in [7, 11) is 1.61. The molecule has 5 nitrogen and oxygen atoms in total. The topological polar surface area (TPSA) is 59.9 Å². The Bertz CT molecular complexity index is 802. The van der Waals surface area contributed by atoms with Crippen molar-refractivity contribution in [2.24, 2.45) is 5.16 Å². The summed E-state index contributed by atoms with van der Waals surface area (Å²) < 4.78 is 32.3. The third kappa shape index (κ3) is 4.17. The molecule has 7 heteroatoms. The molecule has 1 atom stereocenters. The van der Waals surface area contributed by atoms with E-state index in [1.54, 1.807) is 7.11 Å². The Morgan fingerprint density at radius 2 is 1.92 bits per heavy atom. The van der Waals surface area contributed by atoms with E-state index >= 15 is 0 Å². The number of benzene rings is 2. The molecule has 0 spiro atoms. The van der Waals surface area contributed by atoms with Gasteiger partial charge in [-0.3, -0.25) is 4.79 Å².